The van der Waals surface area contributed by atoms with Gasteiger partial charge >= 0.3 is 0 Å². The Hall–Kier alpha value is -1.28. The summed E-state index contributed by atoms with van der Waals surface area (Å²) in [6.45, 7) is -0.475. The third-order valence-corrected chi connectivity index (χ3v) is 2.63. The predicted octanol–water partition coefficient (Wildman–Crippen LogP) is -2.95. The molecule has 0 spiro atoms. The van der Waals surface area contributed by atoms with Gasteiger partial charge in [0.15, 0.2) is 0 Å². The average molecular weight is 229 g/mol. The van der Waals surface area contributed by atoms with Gasteiger partial charge in [0.1, 0.15) is 24.4 Å². The van der Waals surface area contributed by atoms with Crippen molar-refractivity contribution in [1.82, 2.24) is 5.32 Å². The molecule has 2 heterocycles. The molecule has 1 fully saturated rings. The second-order valence-corrected chi connectivity index (χ2v) is 3.68. The molecule has 0 aliphatic carbocycles. The van der Waals surface area contributed by atoms with Gasteiger partial charge in [-0.05, 0) is 0 Å². The van der Waals surface area contributed by atoms with Crippen LogP contribution in [-0.4, -0.2) is 58.2 Å². The molecule has 4 atom stereocenters. The molecule has 2 rings (SSSR count). The number of hydrogen-bond acceptors (Lipinski definition) is 6. The number of aliphatic hydroxyl groups excluding tert-OH is 3. The summed E-state index contributed by atoms with van der Waals surface area (Å²) >= 11 is 0. The van der Waals surface area contributed by atoms with Crippen LogP contribution >= 0.6 is 0 Å². The molecule has 1 saturated heterocycles. The summed E-state index contributed by atoms with van der Waals surface area (Å²) in [7, 11) is 0. The van der Waals surface area contributed by atoms with Crippen LogP contribution in [0.4, 0.5) is 0 Å². The molecular weight excluding hydrogens is 218 g/mol. The minimum Gasteiger partial charge on any atom is -0.394 e. The third kappa shape index (κ3) is 1.63. The summed E-state index contributed by atoms with van der Waals surface area (Å²) in [5, 5.41) is 29.9. The zero-order valence-corrected chi connectivity index (χ0v) is 8.16. The van der Waals surface area contributed by atoms with Crippen molar-refractivity contribution in [3.8, 4) is 0 Å². The standard InChI is InChI=1S/C9H11NO6/c11-2-4-6(13)7(14)8(16-4)3-1-5(12)10-9(3)15/h1,4,6-8,11,13-14H,2H2,(H,10,12,15). The van der Waals surface area contributed by atoms with Gasteiger partial charge < -0.3 is 20.1 Å². The van der Waals surface area contributed by atoms with Crippen LogP contribution in [0.5, 0.6) is 0 Å². The number of carbonyl (C=O) groups is 2. The molecule has 2 aliphatic rings. The van der Waals surface area contributed by atoms with E-state index in [0.717, 1.165) is 6.08 Å². The summed E-state index contributed by atoms with van der Waals surface area (Å²) in [5.74, 6) is -1.24. The van der Waals surface area contributed by atoms with Crippen LogP contribution in [0.3, 0.4) is 0 Å². The highest BCUT2D eigenvalue weighted by Crippen LogP contribution is 2.27. The second-order valence-electron chi connectivity index (χ2n) is 3.68. The van der Waals surface area contributed by atoms with Crippen LogP contribution in [0.2, 0.25) is 0 Å². The first-order chi connectivity index (χ1) is 7.54. The first-order valence-electron chi connectivity index (χ1n) is 4.74. The number of aliphatic hydroxyl groups is 3. The Bertz CT molecular complexity index is 365. The van der Waals surface area contributed by atoms with Crippen molar-refractivity contribution in [2.24, 2.45) is 0 Å². The van der Waals surface area contributed by atoms with Gasteiger partial charge in [-0.1, -0.05) is 0 Å². The van der Waals surface area contributed by atoms with Gasteiger partial charge in [-0.15, -0.1) is 0 Å². The van der Waals surface area contributed by atoms with E-state index in [2.05, 4.69) is 0 Å². The van der Waals surface area contributed by atoms with E-state index in [1.54, 1.807) is 0 Å². The van der Waals surface area contributed by atoms with Crippen molar-refractivity contribution in [2.45, 2.75) is 24.4 Å². The third-order valence-electron chi connectivity index (χ3n) is 2.63. The summed E-state index contributed by atoms with van der Waals surface area (Å²) in [4.78, 5) is 22.2. The van der Waals surface area contributed by atoms with E-state index < -0.39 is 42.8 Å². The highest BCUT2D eigenvalue weighted by atomic mass is 16.6. The van der Waals surface area contributed by atoms with Crippen molar-refractivity contribution in [2.75, 3.05) is 6.61 Å². The Labute approximate surface area is 90.3 Å². The van der Waals surface area contributed by atoms with Gasteiger partial charge in [0.05, 0.1) is 12.2 Å². The molecular formula is C9H11NO6. The van der Waals surface area contributed by atoms with E-state index in [-0.39, 0.29) is 5.57 Å². The average Bonchev–Trinajstić information content (AvgIpc) is 2.70. The zero-order chi connectivity index (χ0) is 11.9. The van der Waals surface area contributed by atoms with Crippen LogP contribution in [0.15, 0.2) is 11.6 Å². The number of carbonyl (C=O) groups excluding carboxylic acids is 2. The van der Waals surface area contributed by atoms with E-state index in [1.165, 1.54) is 0 Å². The summed E-state index contributed by atoms with van der Waals surface area (Å²) in [6.07, 6.45) is -3.63. The molecule has 0 radical (unpaired) electrons. The highest BCUT2D eigenvalue weighted by molar-refractivity contribution is 6.16. The molecule has 2 amide bonds. The number of imide groups is 1. The van der Waals surface area contributed by atoms with Gasteiger partial charge in [-0.2, -0.15) is 0 Å². The molecule has 0 aromatic heterocycles. The number of rotatable bonds is 2. The van der Waals surface area contributed by atoms with Crippen molar-refractivity contribution in [3.05, 3.63) is 11.6 Å². The maximum Gasteiger partial charge on any atom is 0.256 e. The Morgan fingerprint density at radius 3 is 2.44 bits per heavy atom. The van der Waals surface area contributed by atoms with Crippen molar-refractivity contribution < 1.29 is 29.6 Å². The first kappa shape index (κ1) is 11.2. The normalized spacial score (nSPS) is 38.8. The quantitative estimate of drug-likeness (QED) is 0.376. The number of ether oxygens (including phenoxy) is 1. The highest BCUT2D eigenvalue weighted by Gasteiger charge is 2.46. The number of amides is 2. The topological polar surface area (TPSA) is 116 Å². The molecule has 88 valence electrons. The van der Waals surface area contributed by atoms with Crippen LogP contribution < -0.4 is 5.32 Å². The van der Waals surface area contributed by atoms with E-state index in [4.69, 9.17) is 9.84 Å². The Balaban J connectivity index is 2.20. The lowest BCUT2D eigenvalue weighted by Crippen LogP contribution is -2.36. The lowest BCUT2D eigenvalue weighted by Gasteiger charge is -2.13. The SMILES string of the molecule is O=C1C=C(C2OC(CO)C(O)C2O)C(=O)N1. The molecule has 16 heavy (non-hydrogen) atoms. The monoisotopic (exact) mass is 229 g/mol. The smallest absolute Gasteiger partial charge is 0.256 e. The van der Waals surface area contributed by atoms with Crippen LogP contribution in [0, 0.1) is 0 Å². The fraction of sp³-hybridized carbons (Fsp3) is 0.556. The second kappa shape index (κ2) is 3.95. The lowest BCUT2D eigenvalue weighted by atomic mass is 10.0. The Morgan fingerprint density at radius 1 is 1.31 bits per heavy atom. The van der Waals surface area contributed by atoms with Crippen molar-refractivity contribution in [1.29, 1.82) is 0 Å². The van der Waals surface area contributed by atoms with Gasteiger partial charge in [-0.25, -0.2) is 0 Å². The van der Waals surface area contributed by atoms with Crippen LogP contribution in [-0.2, 0) is 14.3 Å². The molecule has 0 bridgehead atoms. The molecule has 0 aromatic rings. The summed E-state index contributed by atoms with van der Waals surface area (Å²) < 4.78 is 5.11. The molecule has 7 nitrogen and oxygen atoms in total. The van der Waals surface area contributed by atoms with Crippen molar-refractivity contribution in [3.63, 3.8) is 0 Å². The fourth-order valence-electron chi connectivity index (χ4n) is 1.79. The predicted molar refractivity (Wildman–Crippen MR) is 49.0 cm³/mol. The Morgan fingerprint density at radius 2 is 2.00 bits per heavy atom. The maximum atomic E-state index is 11.3. The minimum atomic E-state index is -1.33. The van der Waals surface area contributed by atoms with Gasteiger partial charge in [0, 0.05) is 6.08 Å². The van der Waals surface area contributed by atoms with E-state index in [9.17, 15) is 19.8 Å². The fourth-order valence-corrected chi connectivity index (χ4v) is 1.79. The summed E-state index contributed by atoms with van der Waals surface area (Å²) in [6, 6.07) is 0. The number of nitrogens with one attached hydrogen (secondary N) is 1. The largest absolute Gasteiger partial charge is 0.394 e. The zero-order valence-electron chi connectivity index (χ0n) is 8.16. The molecule has 0 aromatic carbocycles. The number of hydrogen-bond donors (Lipinski definition) is 4. The summed E-state index contributed by atoms with van der Waals surface area (Å²) in [5.41, 5.74) is -0.0347. The molecule has 2 aliphatic heterocycles. The molecule has 0 saturated carbocycles. The Kier molecular flexibility index (Phi) is 2.76. The molecule has 7 heteroatoms. The van der Waals surface area contributed by atoms with E-state index in [1.807, 2.05) is 5.32 Å². The minimum absolute atomic E-state index is 0.0347. The van der Waals surface area contributed by atoms with E-state index >= 15 is 0 Å². The molecule has 4 N–H and O–H groups in total. The van der Waals surface area contributed by atoms with Gasteiger partial charge in [0.2, 0.25) is 0 Å². The first-order valence-corrected chi connectivity index (χ1v) is 4.74. The molecule has 4 unspecified atom stereocenters. The van der Waals surface area contributed by atoms with Gasteiger partial charge in [0.25, 0.3) is 11.8 Å². The lowest BCUT2D eigenvalue weighted by molar-refractivity contribution is -0.124. The maximum absolute atomic E-state index is 11.3. The van der Waals surface area contributed by atoms with Crippen LogP contribution in [0.1, 0.15) is 0 Å². The van der Waals surface area contributed by atoms with Gasteiger partial charge in [-0.3, -0.25) is 14.9 Å². The van der Waals surface area contributed by atoms with Crippen LogP contribution in [0.25, 0.3) is 0 Å². The van der Waals surface area contributed by atoms with E-state index in [0.29, 0.717) is 0 Å². The van der Waals surface area contributed by atoms with Crippen molar-refractivity contribution >= 4 is 11.8 Å².